The Labute approximate surface area is 175 Å². The van der Waals surface area contributed by atoms with E-state index in [4.69, 9.17) is 9.47 Å². The van der Waals surface area contributed by atoms with Gasteiger partial charge in [-0.25, -0.2) is 4.98 Å². The highest BCUT2D eigenvalue weighted by Gasteiger charge is 2.22. The van der Waals surface area contributed by atoms with Crippen LogP contribution in [0.25, 0.3) is 0 Å². The summed E-state index contributed by atoms with van der Waals surface area (Å²) in [7, 11) is 1.54. The number of methoxy groups -OCH3 is 1. The molecular formula is C22H28N2O4S. The normalized spacial score (nSPS) is 15.5. The lowest BCUT2D eigenvalue weighted by atomic mass is 9.89. The molecule has 1 N–H and O–H groups in total. The van der Waals surface area contributed by atoms with E-state index >= 15 is 0 Å². The van der Waals surface area contributed by atoms with Crippen molar-refractivity contribution in [3.63, 3.8) is 0 Å². The largest absolute Gasteiger partial charge is 0.493 e. The summed E-state index contributed by atoms with van der Waals surface area (Å²) in [5.74, 6) is 1.74. The molecule has 1 aromatic heterocycles. The average Bonchev–Trinajstić information content (AvgIpc) is 3.12. The van der Waals surface area contributed by atoms with Crippen molar-refractivity contribution in [3.05, 3.63) is 34.3 Å². The van der Waals surface area contributed by atoms with Crippen LogP contribution in [0, 0.1) is 5.92 Å². The molecule has 1 aliphatic rings. The molecule has 0 saturated carbocycles. The highest BCUT2D eigenvalue weighted by atomic mass is 32.1. The number of nitrogens with zero attached hydrogens (tertiary/aromatic N) is 1. The van der Waals surface area contributed by atoms with Crippen molar-refractivity contribution in [1.29, 1.82) is 0 Å². The van der Waals surface area contributed by atoms with Crippen LogP contribution in [-0.4, -0.2) is 30.4 Å². The molecular weight excluding hydrogens is 388 g/mol. The van der Waals surface area contributed by atoms with Crippen LogP contribution in [-0.2, 0) is 17.6 Å². The van der Waals surface area contributed by atoms with Crippen LogP contribution in [0.5, 0.6) is 11.5 Å². The van der Waals surface area contributed by atoms with Crippen LogP contribution >= 0.6 is 11.3 Å². The number of hydrogen-bond donors (Lipinski definition) is 1. The first-order valence-electron chi connectivity index (χ1n) is 10.1. The number of carbonyl (C=O) groups is 2. The topological polar surface area (TPSA) is 77.5 Å². The van der Waals surface area contributed by atoms with E-state index in [0.29, 0.717) is 41.6 Å². The van der Waals surface area contributed by atoms with Crippen LogP contribution in [0.1, 0.15) is 60.5 Å². The molecule has 7 heteroatoms. The second kappa shape index (κ2) is 9.87. The maximum atomic E-state index is 12.2. The van der Waals surface area contributed by atoms with E-state index < -0.39 is 0 Å². The average molecular weight is 417 g/mol. The second-order valence-corrected chi connectivity index (χ2v) is 8.41. The van der Waals surface area contributed by atoms with Crippen LogP contribution < -0.4 is 14.8 Å². The quantitative estimate of drug-likeness (QED) is 0.475. The summed E-state index contributed by atoms with van der Waals surface area (Å²) >= 11 is 1.61. The van der Waals surface area contributed by atoms with Crippen molar-refractivity contribution in [2.24, 2.45) is 5.92 Å². The predicted molar refractivity (Wildman–Crippen MR) is 114 cm³/mol. The molecule has 1 unspecified atom stereocenters. The molecule has 0 radical (unpaired) electrons. The van der Waals surface area contributed by atoms with Crippen molar-refractivity contribution < 1.29 is 19.1 Å². The van der Waals surface area contributed by atoms with Crippen molar-refractivity contribution in [1.82, 2.24) is 4.98 Å². The smallest absolute Gasteiger partial charge is 0.226 e. The first-order chi connectivity index (χ1) is 14.0. The number of aromatic nitrogens is 1. The Hall–Kier alpha value is -2.41. The first kappa shape index (κ1) is 21.3. The fourth-order valence-electron chi connectivity index (χ4n) is 3.45. The van der Waals surface area contributed by atoms with Crippen LogP contribution in [0.2, 0.25) is 0 Å². The van der Waals surface area contributed by atoms with Gasteiger partial charge in [-0.15, -0.1) is 11.3 Å². The van der Waals surface area contributed by atoms with Gasteiger partial charge in [0.15, 0.2) is 22.4 Å². The van der Waals surface area contributed by atoms with Crippen molar-refractivity contribution in [2.75, 3.05) is 19.0 Å². The Morgan fingerprint density at radius 3 is 2.86 bits per heavy atom. The number of hydrogen-bond acceptors (Lipinski definition) is 6. The van der Waals surface area contributed by atoms with Crippen molar-refractivity contribution in [3.8, 4) is 11.5 Å². The molecule has 3 rings (SSSR count). The number of ether oxygens (including phenoxy) is 2. The van der Waals surface area contributed by atoms with E-state index in [1.165, 1.54) is 31.8 Å². The molecule has 1 amide bonds. The third-order valence-corrected chi connectivity index (χ3v) is 6.28. The van der Waals surface area contributed by atoms with Crippen molar-refractivity contribution in [2.45, 2.75) is 52.4 Å². The Balaban J connectivity index is 1.45. The monoisotopic (exact) mass is 416 g/mol. The number of Topliss-reactive ketones (excluding diaryl/α,β-unsaturated/α-hetero) is 1. The minimum absolute atomic E-state index is 0.0272. The zero-order valence-electron chi connectivity index (χ0n) is 17.2. The zero-order chi connectivity index (χ0) is 20.8. The maximum absolute atomic E-state index is 12.2. The summed E-state index contributed by atoms with van der Waals surface area (Å²) in [6.07, 6.45) is 5.41. The summed E-state index contributed by atoms with van der Waals surface area (Å²) in [6, 6.07) is 5.09. The highest BCUT2D eigenvalue weighted by molar-refractivity contribution is 7.15. The fraction of sp³-hybridized carbons (Fsp3) is 0.500. The number of ketones is 1. The van der Waals surface area contributed by atoms with Gasteiger partial charge in [0, 0.05) is 16.9 Å². The lowest BCUT2D eigenvalue weighted by molar-refractivity contribution is -0.116. The Bertz CT molecular complexity index is 878. The van der Waals surface area contributed by atoms with Gasteiger partial charge in [0.2, 0.25) is 5.91 Å². The molecule has 0 bridgehead atoms. The summed E-state index contributed by atoms with van der Waals surface area (Å²) < 4.78 is 11.0. The predicted octanol–water partition coefficient (Wildman–Crippen LogP) is 4.67. The summed E-state index contributed by atoms with van der Waals surface area (Å²) in [6.45, 7) is 4.12. The van der Waals surface area contributed by atoms with E-state index in [9.17, 15) is 9.59 Å². The van der Waals surface area contributed by atoms with E-state index in [0.717, 1.165) is 24.5 Å². The number of anilines is 1. The molecule has 1 atom stereocenters. The number of amides is 1. The van der Waals surface area contributed by atoms with Gasteiger partial charge in [0.05, 0.1) is 19.4 Å². The minimum Gasteiger partial charge on any atom is -0.493 e. The van der Waals surface area contributed by atoms with Gasteiger partial charge in [-0.05, 0) is 56.7 Å². The number of thiazole rings is 1. The third kappa shape index (κ3) is 5.56. The standard InChI is InChI=1S/C22H28N2O4S/c1-4-15-7-9-17-20(12-15)29-22(23-17)24-21(26)6-5-11-28-18-10-8-16(14(2)25)13-19(18)27-3/h8,10,13,15H,4-7,9,11-12H2,1-3H3,(H,23,24,26). The fourth-order valence-corrected chi connectivity index (χ4v) is 4.59. The maximum Gasteiger partial charge on any atom is 0.226 e. The molecule has 1 aromatic carbocycles. The molecule has 0 saturated heterocycles. The molecule has 6 nitrogen and oxygen atoms in total. The first-order valence-corrected chi connectivity index (χ1v) is 10.9. The van der Waals surface area contributed by atoms with Gasteiger partial charge in [0.25, 0.3) is 0 Å². The number of nitrogens with one attached hydrogen (secondary N) is 1. The summed E-state index contributed by atoms with van der Waals surface area (Å²) in [5, 5.41) is 3.63. The van der Waals surface area contributed by atoms with Gasteiger partial charge < -0.3 is 14.8 Å². The van der Waals surface area contributed by atoms with E-state index in [2.05, 4.69) is 17.2 Å². The van der Waals surface area contributed by atoms with E-state index in [1.807, 2.05) is 0 Å². The minimum atomic E-state index is -0.0503. The number of benzene rings is 1. The number of aryl methyl sites for hydroxylation is 1. The van der Waals surface area contributed by atoms with Crippen LogP contribution in [0.15, 0.2) is 18.2 Å². The molecule has 1 aliphatic carbocycles. The summed E-state index contributed by atoms with van der Waals surface area (Å²) in [5.41, 5.74) is 1.73. The molecule has 1 heterocycles. The summed E-state index contributed by atoms with van der Waals surface area (Å²) in [4.78, 5) is 29.6. The number of fused-ring (bicyclic) bond motifs is 1. The highest BCUT2D eigenvalue weighted by Crippen LogP contribution is 2.33. The van der Waals surface area contributed by atoms with Gasteiger partial charge in [-0.2, -0.15) is 0 Å². The van der Waals surface area contributed by atoms with Gasteiger partial charge in [-0.3, -0.25) is 9.59 Å². The van der Waals surface area contributed by atoms with Crippen LogP contribution in [0.3, 0.4) is 0 Å². The van der Waals surface area contributed by atoms with E-state index in [-0.39, 0.29) is 11.7 Å². The molecule has 2 aromatic rings. The second-order valence-electron chi connectivity index (χ2n) is 7.33. The molecule has 29 heavy (non-hydrogen) atoms. The number of rotatable bonds is 9. The molecule has 156 valence electrons. The molecule has 0 fully saturated rings. The zero-order valence-corrected chi connectivity index (χ0v) is 18.1. The SMILES string of the molecule is CCC1CCc2nc(NC(=O)CCCOc3ccc(C(C)=O)cc3OC)sc2C1. The lowest BCUT2D eigenvalue weighted by Gasteiger charge is -2.18. The molecule has 0 aliphatic heterocycles. The van der Waals surface area contributed by atoms with Gasteiger partial charge >= 0.3 is 0 Å². The lowest BCUT2D eigenvalue weighted by Crippen LogP contribution is -2.13. The third-order valence-electron chi connectivity index (χ3n) is 5.24. The Kier molecular flexibility index (Phi) is 7.25. The van der Waals surface area contributed by atoms with Gasteiger partial charge in [0.1, 0.15) is 0 Å². The van der Waals surface area contributed by atoms with Crippen LogP contribution in [0.4, 0.5) is 5.13 Å². The van der Waals surface area contributed by atoms with Crippen molar-refractivity contribution >= 4 is 28.2 Å². The van der Waals surface area contributed by atoms with Gasteiger partial charge in [-0.1, -0.05) is 13.3 Å². The Morgan fingerprint density at radius 1 is 1.31 bits per heavy atom. The molecule has 0 spiro atoms. The van der Waals surface area contributed by atoms with E-state index in [1.54, 1.807) is 29.5 Å². The number of carbonyl (C=O) groups excluding carboxylic acids is 2. The Morgan fingerprint density at radius 2 is 2.14 bits per heavy atom.